The minimum Gasteiger partial charge on any atom is -0.352 e. The fourth-order valence-corrected chi connectivity index (χ4v) is 4.25. The number of rotatable bonds is 7. The van der Waals surface area contributed by atoms with E-state index in [1.165, 1.54) is 18.4 Å². The van der Waals surface area contributed by atoms with Gasteiger partial charge in [-0.3, -0.25) is 9.52 Å². The van der Waals surface area contributed by atoms with E-state index >= 15 is 0 Å². The lowest BCUT2D eigenvalue weighted by molar-refractivity contribution is 0.0954. The van der Waals surface area contributed by atoms with E-state index in [-0.39, 0.29) is 10.8 Å². The third kappa shape index (κ3) is 5.45. The Morgan fingerprint density at radius 1 is 1.00 bits per heavy atom. The van der Waals surface area contributed by atoms with Gasteiger partial charge in [-0.2, -0.15) is 0 Å². The van der Waals surface area contributed by atoms with Crippen molar-refractivity contribution in [1.29, 1.82) is 0 Å². The van der Waals surface area contributed by atoms with Crippen molar-refractivity contribution in [2.24, 2.45) is 0 Å². The maximum atomic E-state index is 12.4. The summed E-state index contributed by atoms with van der Waals surface area (Å²) in [5, 5.41) is 2.93. The number of amides is 1. The quantitative estimate of drug-likeness (QED) is 0.678. The summed E-state index contributed by atoms with van der Waals surface area (Å²) >= 11 is 0. The predicted octanol–water partition coefficient (Wildman–Crippen LogP) is 4.42. The molecule has 148 valence electrons. The molecule has 0 heterocycles. The Labute approximate surface area is 166 Å². The van der Waals surface area contributed by atoms with Crippen molar-refractivity contribution >= 4 is 21.6 Å². The molecular formula is C22H26N2O3S. The maximum absolute atomic E-state index is 12.4. The smallest absolute Gasteiger partial charge is 0.261 e. The summed E-state index contributed by atoms with van der Waals surface area (Å²) in [6, 6.07) is 13.1. The minimum atomic E-state index is -3.65. The van der Waals surface area contributed by atoms with Gasteiger partial charge < -0.3 is 5.32 Å². The number of nitrogens with one attached hydrogen (secondary N) is 2. The zero-order valence-corrected chi connectivity index (χ0v) is 16.9. The number of allylic oxidation sites excluding steroid dienone is 1. The highest BCUT2D eigenvalue weighted by Gasteiger charge is 2.14. The molecule has 0 aliphatic heterocycles. The van der Waals surface area contributed by atoms with Gasteiger partial charge in [0.05, 0.1) is 4.90 Å². The van der Waals surface area contributed by atoms with E-state index in [0.29, 0.717) is 17.8 Å². The molecule has 3 rings (SSSR count). The fraction of sp³-hybridized carbons (Fsp3) is 0.318. The molecule has 0 saturated carbocycles. The van der Waals surface area contributed by atoms with Crippen molar-refractivity contribution in [2.75, 3.05) is 11.3 Å². The molecule has 28 heavy (non-hydrogen) atoms. The molecule has 0 aromatic heterocycles. The van der Waals surface area contributed by atoms with Crippen LogP contribution >= 0.6 is 0 Å². The number of aryl methyl sites for hydroxylation is 1. The van der Waals surface area contributed by atoms with E-state index < -0.39 is 10.0 Å². The van der Waals surface area contributed by atoms with Gasteiger partial charge >= 0.3 is 0 Å². The number of carbonyl (C=O) groups is 1. The van der Waals surface area contributed by atoms with Crippen LogP contribution in [0, 0.1) is 6.92 Å². The zero-order chi connectivity index (χ0) is 20.0. The summed E-state index contributed by atoms with van der Waals surface area (Å²) in [4.78, 5) is 12.5. The Morgan fingerprint density at radius 3 is 2.36 bits per heavy atom. The molecule has 6 heteroatoms. The van der Waals surface area contributed by atoms with Gasteiger partial charge in [-0.15, -0.1) is 0 Å². The first-order valence-electron chi connectivity index (χ1n) is 9.60. The minimum absolute atomic E-state index is 0.149. The Balaban J connectivity index is 1.55. The molecule has 1 aliphatic carbocycles. The highest BCUT2D eigenvalue weighted by Crippen LogP contribution is 2.20. The molecule has 1 amide bonds. The standard InChI is InChI=1S/C22H26N2O3S/c1-17-7-13-21(14-8-17)28(26,27)24-20-11-9-19(10-12-20)22(25)23-16-15-18-5-3-2-4-6-18/h5,7-14,24H,2-4,6,15-16H2,1H3,(H,23,25). The van der Waals surface area contributed by atoms with Gasteiger partial charge in [0, 0.05) is 17.8 Å². The average molecular weight is 399 g/mol. The number of carbonyl (C=O) groups excluding carboxylic acids is 1. The first-order valence-corrected chi connectivity index (χ1v) is 11.1. The largest absolute Gasteiger partial charge is 0.352 e. The lowest BCUT2D eigenvalue weighted by Crippen LogP contribution is -2.24. The third-order valence-electron chi connectivity index (χ3n) is 4.85. The van der Waals surface area contributed by atoms with Crippen LogP contribution in [0.1, 0.15) is 48.0 Å². The molecule has 0 fully saturated rings. The van der Waals surface area contributed by atoms with Crippen LogP contribution in [0.4, 0.5) is 5.69 Å². The van der Waals surface area contributed by atoms with E-state index in [1.54, 1.807) is 48.5 Å². The second-order valence-corrected chi connectivity index (χ2v) is 8.79. The van der Waals surface area contributed by atoms with Crippen LogP contribution in [0.15, 0.2) is 65.1 Å². The van der Waals surface area contributed by atoms with Gasteiger partial charge in [-0.25, -0.2) is 8.42 Å². The first kappa shape index (κ1) is 20.1. The summed E-state index contributed by atoms with van der Waals surface area (Å²) in [5.74, 6) is -0.149. The number of benzene rings is 2. The molecule has 1 aliphatic rings. The lowest BCUT2D eigenvalue weighted by atomic mass is 9.97. The van der Waals surface area contributed by atoms with Gasteiger partial charge in [0.25, 0.3) is 15.9 Å². The van der Waals surface area contributed by atoms with Gasteiger partial charge in [0.2, 0.25) is 0 Å². The van der Waals surface area contributed by atoms with Crippen molar-refractivity contribution in [3.05, 3.63) is 71.3 Å². The summed E-state index contributed by atoms with van der Waals surface area (Å²) in [5.41, 5.74) is 3.35. The molecule has 5 nitrogen and oxygen atoms in total. The summed E-state index contributed by atoms with van der Waals surface area (Å²) in [6.45, 7) is 2.52. The predicted molar refractivity (Wildman–Crippen MR) is 112 cm³/mol. The van der Waals surface area contributed by atoms with Crippen LogP contribution in [0.5, 0.6) is 0 Å². The van der Waals surface area contributed by atoms with Crippen LogP contribution in [-0.2, 0) is 10.0 Å². The molecule has 0 unspecified atom stereocenters. The Morgan fingerprint density at radius 2 is 1.71 bits per heavy atom. The first-order chi connectivity index (χ1) is 13.4. The van der Waals surface area contributed by atoms with Gasteiger partial charge in [-0.05, 0) is 75.4 Å². The highest BCUT2D eigenvalue weighted by atomic mass is 32.2. The Kier molecular flexibility index (Phi) is 6.52. The molecule has 0 radical (unpaired) electrons. The molecule has 2 aromatic carbocycles. The van der Waals surface area contributed by atoms with Crippen molar-refractivity contribution in [1.82, 2.24) is 5.32 Å². The SMILES string of the molecule is Cc1ccc(S(=O)(=O)Nc2ccc(C(=O)NCCC3=CCCCC3)cc2)cc1. The van der Waals surface area contributed by atoms with E-state index in [9.17, 15) is 13.2 Å². The number of hydrogen-bond donors (Lipinski definition) is 2. The normalized spacial score (nSPS) is 14.2. The number of anilines is 1. The van der Waals surface area contributed by atoms with Crippen LogP contribution in [-0.4, -0.2) is 20.9 Å². The summed E-state index contributed by atoms with van der Waals surface area (Å²) in [6.07, 6.45) is 7.94. The molecular weight excluding hydrogens is 372 g/mol. The summed E-state index contributed by atoms with van der Waals surface area (Å²) in [7, 11) is -3.65. The highest BCUT2D eigenvalue weighted by molar-refractivity contribution is 7.92. The second kappa shape index (κ2) is 9.06. The van der Waals surface area contributed by atoms with Crippen LogP contribution in [0.2, 0.25) is 0 Å². The Bertz CT molecular complexity index is 946. The van der Waals surface area contributed by atoms with Crippen molar-refractivity contribution in [3.63, 3.8) is 0 Å². The summed E-state index contributed by atoms with van der Waals surface area (Å²) < 4.78 is 27.4. The van der Waals surface area contributed by atoms with E-state index in [4.69, 9.17) is 0 Å². The molecule has 2 N–H and O–H groups in total. The van der Waals surface area contributed by atoms with Crippen molar-refractivity contribution in [3.8, 4) is 0 Å². The van der Waals surface area contributed by atoms with Crippen LogP contribution in [0.3, 0.4) is 0 Å². The van der Waals surface area contributed by atoms with Crippen LogP contribution < -0.4 is 10.0 Å². The maximum Gasteiger partial charge on any atom is 0.261 e. The Hall–Kier alpha value is -2.60. The molecule has 0 atom stereocenters. The van der Waals surface area contributed by atoms with Crippen LogP contribution in [0.25, 0.3) is 0 Å². The van der Waals surface area contributed by atoms with Crippen molar-refractivity contribution in [2.45, 2.75) is 43.9 Å². The zero-order valence-electron chi connectivity index (χ0n) is 16.1. The van der Waals surface area contributed by atoms with Gasteiger partial charge in [0.15, 0.2) is 0 Å². The molecule has 0 saturated heterocycles. The fourth-order valence-electron chi connectivity index (χ4n) is 3.19. The van der Waals surface area contributed by atoms with Gasteiger partial charge in [0.1, 0.15) is 0 Å². The van der Waals surface area contributed by atoms with Gasteiger partial charge in [-0.1, -0.05) is 29.3 Å². The van der Waals surface area contributed by atoms with Crippen molar-refractivity contribution < 1.29 is 13.2 Å². The third-order valence-corrected chi connectivity index (χ3v) is 6.24. The average Bonchev–Trinajstić information content (AvgIpc) is 2.69. The monoisotopic (exact) mass is 398 g/mol. The molecule has 0 spiro atoms. The topological polar surface area (TPSA) is 75.3 Å². The number of sulfonamides is 1. The van der Waals surface area contributed by atoms with E-state index in [2.05, 4.69) is 16.1 Å². The van der Waals surface area contributed by atoms with E-state index in [1.807, 2.05) is 6.92 Å². The molecule has 0 bridgehead atoms. The van der Waals surface area contributed by atoms with E-state index in [0.717, 1.165) is 24.8 Å². The molecule has 2 aromatic rings. The second-order valence-electron chi connectivity index (χ2n) is 7.11. The number of hydrogen-bond acceptors (Lipinski definition) is 3. The lowest BCUT2D eigenvalue weighted by Gasteiger charge is -2.13.